The Kier molecular flexibility index (Phi) is 10.8. The normalized spacial score (nSPS) is 20.5. The Morgan fingerprint density at radius 3 is 2.36 bits per heavy atom. The molecule has 16 heteroatoms. The number of hydrogen-bond donors (Lipinski definition) is 2. The van der Waals surface area contributed by atoms with Crippen LogP contribution in [0, 0.1) is 0 Å². The standard InChI is InChI=1S/C23H35N3O10S3/c1-7-24-16-11-21(37-22-15(16)10-14(2)38(22,31)32)39(33,34)25-17(27)12-26(6)18(28)13-35-19(29)8-9-20(30)36-23(3,4)5/h11,14,16,24H,7-10,12-13H2,1-6H3,(H,25,27)/t14-,16-/m0/s1. The highest BCUT2D eigenvalue weighted by molar-refractivity contribution is 8.28. The van der Waals surface area contributed by atoms with Crippen molar-refractivity contribution in [3.05, 3.63) is 20.1 Å². The lowest BCUT2D eigenvalue weighted by Crippen LogP contribution is -2.42. The first-order valence-electron chi connectivity index (χ1n) is 12.1. The number of thioether (sulfide) groups is 1. The molecule has 0 bridgehead atoms. The number of esters is 2. The highest BCUT2D eigenvalue weighted by Crippen LogP contribution is 2.47. The zero-order valence-corrected chi connectivity index (χ0v) is 25.2. The zero-order chi connectivity index (χ0) is 29.8. The number of sulfone groups is 1. The molecule has 2 atom stereocenters. The number of nitrogens with one attached hydrogen (secondary N) is 2. The molecule has 0 saturated carbocycles. The van der Waals surface area contributed by atoms with Crippen LogP contribution in [-0.2, 0) is 48.5 Å². The Morgan fingerprint density at radius 1 is 1.15 bits per heavy atom. The van der Waals surface area contributed by atoms with Gasteiger partial charge in [0.25, 0.3) is 21.8 Å². The number of ether oxygens (including phenoxy) is 2. The van der Waals surface area contributed by atoms with Gasteiger partial charge in [0, 0.05) is 7.05 Å². The lowest BCUT2D eigenvalue weighted by atomic mass is 10.0. The summed E-state index contributed by atoms with van der Waals surface area (Å²) < 4.78 is 62.7. The van der Waals surface area contributed by atoms with Crippen molar-refractivity contribution >= 4 is 55.4 Å². The lowest BCUT2D eigenvalue weighted by Gasteiger charge is -2.23. The number of likely N-dealkylation sites (N-methyl/N-ethyl adjacent to an activating group) is 2. The predicted molar refractivity (Wildman–Crippen MR) is 144 cm³/mol. The third-order valence-corrected chi connectivity index (χ3v) is 11.3. The summed E-state index contributed by atoms with van der Waals surface area (Å²) in [7, 11) is -6.93. The van der Waals surface area contributed by atoms with E-state index in [4.69, 9.17) is 9.47 Å². The summed E-state index contributed by atoms with van der Waals surface area (Å²) in [5.41, 5.74) is -0.119. The fraction of sp³-hybridized carbons (Fsp3) is 0.652. The minimum atomic E-state index is -4.45. The number of carbonyl (C=O) groups excluding carboxylic acids is 4. The van der Waals surface area contributed by atoms with Crippen molar-refractivity contribution < 1.29 is 45.5 Å². The second-order valence-corrected chi connectivity index (χ2v) is 15.5. The van der Waals surface area contributed by atoms with Crippen molar-refractivity contribution in [2.24, 2.45) is 0 Å². The summed E-state index contributed by atoms with van der Waals surface area (Å²) in [6, 6.07) is -0.623. The van der Waals surface area contributed by atoms with E-state index in [0.29, 0.717) is 23.9 Å². The van der Waals surface area contributed by atoms with E-state index in [-0.39, 0.29) is 27.7 Å². The first-order chi connectivity index (χ1) is 17.9. The molecule has 2 heterocycles. The maximum Gasteiger partial charge on any atom is 0.306 e. The smallest absolute Gasteiger partial charge is 0.306 e. The fourth-order valence-corrected chi connectivity index (χ4v) is 8.66. The molecule has 0 aromatic carbocycles. The quantitative estimate of drug-likeness (QED) is 0.311. The molecule has 0 spiro atoms. The minimum absolute atomic E-state index is 0.0305. The fourth-order valence-electron chi connectivity index (χ4n) is 3.61. The van der Waals surface area contributed by atoms with Crippen LogP contribution in [-0.4, -0.2) is 89.1 Å². The van der Waals surface area contributed by atoms with E-state index >= 15 is 0 Å². The third kappa shape index (κ3) is 9.05. The van der Waals surface area contributed by atoms with E-state index in [1.165, 1.54) is 13.1 Å². The Labute approximate surface area is 233 Å². The average molecular weight is 610 g/mol. The molecule has 2 rings (SSSR count). The molecule has 0 unspecified atom stereocenters. The van der Waals surface area contributed by atoms with Crippen molar-refractivity contribution in [3.63, 3.8) is 0 Å². The van der Waals surface area contributed by atoms with Gasteiger partial charge in [-0.1, -0.05) is 18.7 Å². The molecule has 2 aliphatic rings. The van der Waals surface area contributed by atoms with E-state index in [1.54, 1.807) is 34.6 Å². The second kappa shape index (κ2) is 12.8. The molecule has 0 aliphatic carbocycles. The molecule has 0 radical (unpaired) electrons. The molecule has 0 saturated heterocycles. The van der Waals surface area contributed by atoms with Gasteiger partial charge < -0.3 is 19.7 Å². The lowest BCUT2D eigenvalue weighted by molar-refractivity contribution is -0.159. The van der Waals surface area contributed by atoms with Crippen molar-refractivity contribution in [1.82, 2.24) is 14.9 Å². The largest absolute Gasteiger partial charge is 0.460 e. The maximum absolute atomic E-state index is 12.9. The van der Waals surface area contributed by atoms with Gasteiger partial charge in [0.05, 0.1) is 24.1 Å². The Balaban J connectivity index is 1.92. The topological polar surface area (TPSA) is 182 Å². The molecule has 220 valence electrons. The van der Waals surface area contributed by atoms with Crippen molar-refractivity contribution in [2.45, 2.75) is 70.8 Å². The van der Waals surface area contributed by atoms with E-state index in [9.17, 15) is 36.0 Å². The zero-order valence-electron chi connectivity index (χ0n) is 22.7. The number of nitrogens with zero attached hydrogens (tertiary/aromatic N) is 1. The van der Waals surface area contributed by atoms with Crippen LogP contribution in [0.15, 0.2) is 20.1 Å². The van der Waals surface area contributed by atoms with Crippen LogP contribution in [0.3, 0.4) is 0 Å². The van der Waals surface area contributed by atoms with E-state index in [0.717, 1.165) is 4.90 Å². The van der Waals surface area contributed by atoms with E-state index in [1.807, 2.05) is 4.72 Å². The van der Waals surface area contributed by atoms with Crippen LogP contribution in [0.1, 0.15) is 53.9 Å². The molecular weight excluding hydrogens is 574 g/mol. The van der Waals surface area contributed by atoms with Gasteiger partial charge in [0.2, 0.25) is 0 Å². The predicted octanol–water partition coefficient (Wildman–Crippen LogP) is 0.541. The first-order valence-corrected chi connectivity index (χ1v) is 16.0. The molecule has 2 amide bonds. The summed E-state index contributed by atoms with van der Waals surface area (Å²) in [4.78, 5) is 49.0. The highest BCUT2D eigenvalue weighted by atomic mass is 32.3. The summed E-state index contributed by atoms with van der Waals surface area (Å²) >= 11 is 0.576. The molecule has 13 nitrogen and oxygen atoms in total. The van der Waals surface area contributed by atoms with Gasteiger partial charge in [0.1, 0.15) is 20.6 Å². The van der Waals surface area contributed by atoms with E-state index in [2.05, 4.69) is 5.32 Å². The van der Waals surface area contributed by atoms with Gasteiger partial charge in [-0.15, -0.1) is 0 Å². The summed E-state index contributed by atoms with van der Waals surface area (Å²) in [5, 5.41) is 2.37. The van der Waals surface area contributed by atoms with Gasteiger partial charge in [-0.05, 0) is 52.3 Å². The summed E-state index contributed by atoms with van der Waals surface area (Å²) in [6.07, 6.45) is 1.10. The van der Waals surface area contributed by atoms with Crippen molar-refractivity contribution in [3.8, 4) is 0 Å². The van der Waals surface area contributed by atoms with Crippen LogP contribution in [0.2, 0.25) is 0 Å². The third-order valence-electron chi connectivity index (χ3n) is 5.48. The molecule has 2 N–H and O–H groups in total. The van der Waals surface area contributed by atoms with Crippen molar-refractivity contribution in [2.75, 3.05) is 26.7 Å². The Hall–Kier alpha value is -2.43. The number of amides is 2. The number of sulfonamides is 1. The summed E-state index contributed by atoms with van der Waals surface area (Å²) in [6.45, 7) is 7.44. The van der Waals surface area contributed by atoms with Crippen LogP contribution < -0.4 is 10.0 Å². The van der Waals surface area contributed by atoms with Crippen LogP contribution in [0.5, 0.6) is 0 Å². The molecule has 0 fully saturated rings. The van der Waals surface area contributed by atoms with Gasteiger partial charge in [0.15, 0.2) is 16.4 Å². The number of hydrogen-bond acceptors (Lipinski definition) is 12. The van der Waals surface area contributed by atoms with Gasteiger partial charge in [-0.2, -0.15) is 0 Å². The molecule has 0 aromatic rings. The Bertz CT molecular complexity index is 1280. The van der Waals surface area contributed by atoms with Crippen LogP contribution >= 0.6 is 11.8 Å². The molecule has 0 aromatic heterocycles. The Morgan fingerprint density at radius 2 is 1.77 bits per heavy atom. The molecular formula is C23H35N3O10S3. The monoisotopic (exact) mass is 609 g/mol. The highest BCUT2D eigenvalue weighted by Gasteiger charge is 2.44. The number of carbonyl (C=O) groups is 4. The second-order valence-electron chi connectivity index (χ2n) is 10.0. The maximum atomic E-state index is 12.9. The minimum Gasteiger partial charge on any atom is -0.460 e. The first kappa shape index (κ1) is 32.8. The summed E-state index contributed by atoms with van der Waals surface area (Å²) in [5.74, 6) is -3.26. The van der Waals surface area contributed by atoms with Gasteiger partial charge in [-0.25, -0.2) is 21.6 Å². The molecule has 2 aliphatic heterocycles. The SMILES string of the molecule is CCN[C@H]1C=C(S(=O)(=O)NC(=O)CN(C)C(=O)COC(=O)CCC(=O)OC(C)(C)C)SC2=C1C[C@H](C)S2(=O)=O. The average Bonchev–Trinajstić information content (AvgIpc) is 3.03. The van der Waals surface area contributed by atoms with Crippen LogP contribution in [0.4, 0.5) is 0 Å². The van der Waals surface area contributed by atoms with Gasteiger partial charge >= 0.3 is 11.9 Å². The van der Waals surface area contributed by atoms with Crippen LogP contribution in [0.25, 0.3) is 0 Å². The van der Waals surface area contributed by atoms with Gasteiger partial charge in [-0.3, -0.25) is 19.2 Å². The van der Waals surface area contributed by atoms with Crippen molar-refractivity contribution in [1.29, 1.82) is 0 Å². The number of rotatable bonds is 11. The molecule has 39 heavy (non-hydrogen) atoms. The van der Waals surface area contributed by atoms with E-state index < -0.39 is 73.7 Å².